The number of thiophene rings is 1. The molecular formula is C30H36FN3O3S. The zero-order valence-electron chi connectivity index (χ0n) is 22.2. The second kappa shape index (κ2) is 11.8. The van der Waals surface area contributed by atoms with Crippen molar-refractivity contribution in [3.63, 3.8) is 0 Å². The van der Waals surface area contributed by atoms with Gasteiger partial charge in [0.15, 0.2) is 6.73 Å². The van der Waals surface area contributed by atoms with Crippen LogP contribution in [0.4, 0.5) is 15.8 Å². The number of esters is 1. The van der Waals surface area contributed by atoms with Gasteiger partial charge in [-0.3, -0.25) is 19.4 Å². The molecule has 1 saturated heterocycles. The van der Waals surface area contributed by atoms with Crippen molar-refractivity contribution in [1.82, 2.24) is 4.90 Å². The van der Waals surface area contributed by atoms with E-state index in [-0.39, 0.29) is 24.4 Å². The van der Waals surface area contributed by atoms with Gasteiger partial charge in [0, 0.05) is 61.3 Å². The Morgan fingerprint density at radius 3 is 2.66 bits per heavy atom. The van der Waals surface area contributed by atoms with E-state index in [1.54, 1.807) is 28.4 Å². The van der Waals surface area contributed by atoms with Gasteiger partial charge in [0.25, 0.3) is 0 Å². The van der Waals surface area contributed by atoms with Crippen LogP contribution >= 0.6 is 11.3 Å². The Labute approximate surface area is 228 Å². The summed E-state index contributed by atoms with van der Waals surface area (Å²) in [5, 5.41) is 3.15. The molecule has 0 N–H and O–H groups in total. The predicted molar refractivity (Wildman–Crippen MR) is 151 cm³/mol. The summed E-state index contributed by atoms with van der Waals surface area (Å²) in [5.41, 5.74) is 4.15. The smallest absolute Gasteiger partial charge is 0.307 e. The van der Waals surface area contributed by atoms with Gasteiger partial charge in [0.2, 0.25) is 5.91 Å². The fraction of sp³-hybridized carbons (Fsp3) is 0.467. The lowest BCUT2D eigenvalue weighted by atomic mass is 9.98. The summed E-state index contributed by atoms with van der Waals surface area (Å²) in [7, 11) is 0. The number of rotatable bonds is 9. The molecule has 2 aliphatic rings. The van der Waals surface area contributed by atoms with Crippen LogP contribution in [0.15, 0.2) is 41.8 Å². The molecule has 0 atom stereocenters. The van der Waals surface area contributed by atoms with E-state index in [0.717, 1.165) is 72.6 Å². The molecule has 202 valence electrons. The van der Waals surface area contributed by atoms with Crippen molar-refractivity contribution < 1.29 is 18.7 Å². The molecule has 1 aromatic heterocycles. The van der Waals surface area contributed by atoms with E-state index < -0.39 is 0 Å². The van der Waals surface area contributed by atoms with Crippen LogP contribution < -0.4 is 9.80 Å². The molecule has 1 fully saturated rings. The predicted octanol–water partition coefficient (Wildman–Crippen LogP) is 5.62. The van der Waals surface area contributed by atoms with Gasteiger partial charge in [-0.05, 0) is 66.0 Å². The van der Waals surface area contributed by atoms with Crippen molar-refractivity contribution >= 4 is 44.7 Å². The van der Waals surface area contributed by atoms with Crippen LogP contribution in [-0.2, 0) is 27.2 Å². The summed E-state index contributed by atoms with van der Waals surface area (Å²) in [4.78, 5) is 31.2. The number of piperazine rings is 1. The Kier molecular flexibility index (Phi) is 8.29. The van der Waals surface area contributed by atoms with Crippen LogP contribution in [0, 0.1) is 11.7 Å². The van der Waals surface area contributed by atoms with Gasteiger partial charge in [-0.25, -0.2) is 4.39 Å². The van der Waals surface area contributed by atoms with E-state index in [1.165, 1.54) is 5.56 Å². The van der Waals surface area contributed by atoms with E-state index in [0.29, 0.717) is 25.2 Å². The number of carbonyl (C=O) groups excluding carboxylic acids is 2. The first-order chi connectivity index (χ1) is 18.4. The quantitative estimate of drug-likeness (QED) is 0.332. The van der Waals surface area contributed by atoms with Crippen LogP contribution in [0.5, 0.6) is 0 Å². The number of benzene rings is 2. The highest BCUT2D eigenvalue weighted by atomic mass is 32.1. The summed E-state index contributed by atoms with van der Waals surface area (Å²) in [5.74, 6) is -0.00206. The Bertz CT molecular complexity index is 1300. The van der Waals surface area contributed by atoms with Gasteiger partial charge in [-0.1, -0.05) is 26.0 Å². The van der Waals surface area contributed by atoms with Crippen LogP contribution in [0.2, 0.25) is 0 Å². The molecule has 0 aliphatic carbocycles. The van der Waals surface area contributed by atoms with Gasteiger partial charge in [0.1, 0.15) is 5.82 Å². The van der Waals surface area contributed by atoms with Gasteiger partial charge in [-0.2, -0.15) is 0 Å². The van der Waals surface area contributed by atoms with E-state index in [4.69, 9.17) is 4.74 Å². The van der Waals surface area contributed by atoms with Gasteiger partial charge in [-0.15, -0.1) is 11.3 Å². The third-order valence-corrected chi connectivity index (χ3v) is 8.44. The number of halogens is 1. The maximum Gasteiger partial charge on any atom is 0.307 e. The number of fused-ring (bicyclic) bond motifs is 2. The third-order valence-electron chi connectivity index (χ3n) is 7.57. The minimum atomic E-state index is -0.258. The van der Waals surface area contributed by atoms with E-state index in [1.807, 2.05) is 5.38 Å². The fourth-order valence-electron chi connectivity index (χ4n) is 5.28. The average Bonchev–Trinajstić information content (AvgIpc) is 3.38. The molecule has 2 aromatic carbocycles. The summed E-state index contributed by atoms with van der Waals surface area (Å²) in [6.07, 6.45) is 3.17. The first-order valence-corrected chi connectivity index (χ1v) is 14.5. The Balaban J connectivity index is 1.17. The number of amides is 1. The average molecular weight is 538 g/mol. The molecule has 0 spiro atoms. The summed E-state index contributed by atoms with van der Waals surface area (Å²) >= 11 is 1.58. The molecule has 5 rings (SSSR count). The number of hydrogen-bond donors (Lipinski definition) is 0. The molecule has 0 radical (unpaired) electrons. The largest absolute Gasteiger partial charge is 0.444 e. The number of nitrogens with zero attached hydrogens (tertiary/aromatic N) is 3. The molecule has 0 bridgehead atoms. The zero-order chi connectivity index (χ0) is 26.6. The van der Waals surface area contributed by atoms with Crippen LogP contribution in [0.25, 0.3) is 10.1 Å². The minimum Gasteiger partial charge on any atom is -0.444 e. The van der Waals surface area contributed by atoms with Crippen molar-refractivity contribution in [1.29, 1.82) is 0 Å². The normalized spacial score (nSPS) is 16.4. The Morgan fingerprint density at radius 1 is 1.05 bits per heavy atom. The summed E-state index contributed by atoms with van der Waals surface area (Å²) < 4.78 is 20.6. The third kappa shape index (κ3) is 6.18. The van der Waals surface area contributed by atoms with Crippen molar-refractivity contribution in [2.75, 3.05) is 49.3 Å². The highest BCUT2D eigenvalue weighted by molar-refractivity contribution is 7.17. The summed E-state index contributed by atoms with van der Waals surface area (Å²) in [6, 6.07) is 11.7. The van der Waals surface area contributed by atoms with Crippen molar-refractivity contribution in [2.24, 2.45) is 5.92 Å². The van der Waals surface area contributed by atoms with Gasteiger partial charge >= 0.3 is 5.97 Å². The Hall–Kier alpha value is -2.97. The molecular weight excluding hydrogens is 501 g/mol. The molecule has 8 heteroatoms. The highest BCUT2D eigenvalue weighted by Crippen LogP contribution is 2.33. The molecule has 6 nitrogen and oxygen atoms in total. The second-order valence-corrected chi connectivity index (χ2v) is 11.6. The minimum absolute atomic E-state index is 0.000453. The van der Waals surface area contributed by atoms with E-state index in [9.17, 15) is 14.0 Å². The standard InChI is InChI=1S/C30H36FN3O3S/c1-21(2)3-8-30(36)37-20-34-26-17-22(4-5-23(26)6-7-29(34)35)9-11-32-12-14-33(15-13-32)27-18-24(31)19-28-25(27)10-16-38-28/h4-5,10,16-19,21H,3,6-9,11-15,20H2,1-2H3. The number of aryl methyl sites for hydroxylation is 1. The Morgan fingerprint density at radius 2 is 1.87 bits per heavy atom. The lowest BCUT2D eigenvalue weighted by molar-refractivity contribution is -0.144. The van der Waals surface area contributed by atoms with Crippen molar-refractivity contribution in [3.8, 4) is 0 Å². The monoisotopic (exact) mass is 537 g/mol. The number of anilines is 2. The lowest BCUT2D eigenvalue weighted by Gasteiger charge is -2.36. The number of ether oxygens (including phenoxy) is 1. The van der Waals surface area contributed by atoms with Crippen LogP contribution in [0.3, 0.4) is 0 Å². The van der Waals surface area contributed by atoms with Gasteiger partial charge in [0.05, 0.1) is 5.69 Å². The number of carbonyl (C=O) groups is 2. The fourth-order valence-corrected chi connectivity index (χ4v) is 6.11. The van der Waals surface area contributed by atoms with E-state index >= 15 is 0 Å². The SMILES string of the molecule is CC(C)CCC(=O)OCN1C(=O)CCc2ccc(CCN3CCN(c4cc(F)cc5sccc45)CC3)cc21. The lowest BCUT2D eigenvalue weighted by Crippen LogP contribution is -2.47. The second-order valence-electron chi connectivity index (χ2n) is 10.7. The maximum atomic E-state index is 14.2. The molecule has 0 saturated carbocycles. The van der Waals surface area contributed by atoms with Crippen LogP contribution in [-0.4, -0.2) is 56.2 Å². The zero-order valence-corrected chi connectivity index (χ0v) is 23.1. The van der Waals surface area contributed by atoms with Crippen molar-refractivity contribution in [3.05, 3.63) is 58.7 Å². The molecule has 2 aliphatic heterocycles. The molecule has 3 heterocycles. The molecule has 38 heavy (non-hydrogen) atoms. The molecule has 1 amide bonds. The number of hydrogen-bond acceptors (Lipinski definition) is 6. The highest BCUT2D eigenvalue weighted by Gasteiger charge is 2.26. The first-order valence-electron chi connectivity index (χ1n) is 13.6. The van der Waals surface area contributed by atoms with Crippen LogP contribution in [0.1, 0.15) is 44.2 Å². The maximum absolute atomic E-state index is 14.2. The van der Waals surface area contributed by atoms with Gasteiger partial charge < -0.3 is 9.64 Å². The first kappa shape index (κ1) is 26.6. The summed E-state index contributed by atoms with van der Waals surface area (Å²) in [6.45, 7) is 8.62. The molecule has 0 unspecified atom stereocenters. The molecule has 3 aromatic rings. The van der Waals surface area contributed by atoms with E-state index in [2.05, 4.69) is 47.9 Å². The van der Waals surface area contributed by atoms with Crippen molar-refractivity contribution in [2.45, 2.75) is 46.0 Å². The topological polar surface area (TPSA) is 53.1 Å².